The lowest BCUT2D eigenvalue weighted by molar-refractivity contribution is -0.145. The van der Waals surface area contributed by atoms with Gasteiger partial charge in [0.15, 0.2) is 12.4 Å². The Morgan fingerprint density at radius 3 is 2.24 bits per heavy atom. The largest absolute Gasteiger partial charge is 0.484 e. The van der Waals surface area contributed by atoms with Crippen molar-refractivity contribution in [3.63, 3.8) is 0 Å². The number of ether oxygens (including phenoxy) is 1. The zero-order valence-corrected chi connectivity index (χ0v) is 12.2. The Bertz CT molecular complexity index is 509. The van der Waals surface area contributed by atoms with Crippen LogP contribution in [0.2, 0.25) is 0 Å². The van der Waals surface area contributed by atoms with Crippen molar-refractivity contribution in [1.82, 2.24) is 4.90 Å². The fourth-order valence-electron chi connectivity index (χ4n) is 1.72. The molecule has 21 heavy (non-hydrogen) atoms. The minimum Gasteiger partial charge on any atom is -0.484 e. The standard InChI is InChI=1S/C15H19NO5/c1-3-13(17)11-5-7-12(8-6-11)21-10-14(18)16(4-2)9-15(19)20/h5-8H,3-4,9-10H2,1-2H3,(H,19,20). The van der Waals surface area contributed by atoms with Crippen LogP contribution < -0.4 is 4.74 Å². The number of carbonyl (C=O) groups is 3. The van der Waals surface area contributed by atoms with Crippen LogP contribution in [0.3, 0.4) is 0 Å². The van der Waals surface area contributed by atoms with E-state index < -0.39 is 11.9 Å². The van der Waals surface area contributed by atoms with E-state index in [2.05, 4.69) is 0 Å². The number of hydrogen-bond acceptors (Lipinski definition) is 4. The molecule has 6 heteroatoms. The highest BCUT2D eigenvalue weighted by atomic mass is 16.5. The summed E-state index contributed by atoms with van der Waals surface area (Å²) in [6.07, 6.45) is 0.430. The average molecular weight is 293 g/mol. The summed E-state index contributed by atoms with van der Waals surface area (Å²) in [4.78, 5) is 35.1. The van der Waals surface area contributed by atoms with Gasteiger partial charge in [-0.05, 0) is 31.2 Å². The van der Waals surface area contributed by atoms with Crippen molar-refractivity contribution in [3.8, 4) is 5.75 Å². The molecule has 0 aliphatic heterocycles. The van der Waals surface area contributed by atoms with Gasteiger partial charge in [-0.25, -0.2) is 0 Å². The van der Waals surface area contributed by atoms with Gasteiger partial charge in [0, 0.05) is 18.5 Å². The van der Waals surface area contributed by atoms with Crippen LogP contribution in [-0.2, 0) is 9.59 Å². The van der Waals surface area contributed by atoms with Gasteiger partial charge < -0.3 is 14.7 Å². The quantitative estimate of drug-likeness (QED) is 0.736. The number of rotatable bonds is 8. The van der Waals surface area contributed by atoms with Gasteiger partial charge in [-0.15, -0.1) is 0 Å². The number of benzene rings is 1. The molecule has 1 N–H and O–H groups in total. The minimum atomic E-state index is -1.06. The van der Waals surface area contributed by atoms with Crippen LogP contribution in [0.25, 0.3) is 0 Å². The van der Waals surface area contributed by atoms with Crippen molar-refractivity contribution >= 4 is 17.7 Å². The van der Waals surface area contributed by atoms with Crippen LogP contribution in [-0.4, -0.2) is 47.4 Å². The van der Waals surface area contributed by atoms with Gasteiger partial charge in [0.25, 0.3) is 5.91 Å². The first-order chi connectivity index (χ1) is 9.97. The number of carbonyl (C=O) groups excluding carboxylic acids is 2. The maximum absolute atomic E-state index is 11.8. The molecule has 0 unspecified atom stereocenters. The first kappa shape index (κ1) is 16.7. The Morgan fingerprint density at radius 1 is 1.14 bits per heavy atom. The number of Topliss-reactive ketones (excluding diaryl/α,β-unsaturated/α-hetero) is 1. The molecular formula is C15H19NO5. The summed E-state index contributed by atoms with van der Waals surface area (Å²) in [5.41, 5.74) is 0.595. The van der Waals surface area contributed by atoms with Crippen molar-refractivity contribution in [3.05, 3.63) is 29.8 Å². The summed E-state index contributed by atoms with van der Waals surface area (Å²) in [6.45, 7) is 3.21. The molecule has 0 bridgehead atoms. The molecule has 0 heterocycles. The van der Waals surface area contributed by atoms with Gasteiger partial charge in [0.05, 0.1) is 0 Å². The maximum Gasteiger partial charge on any atom is 0.323 e. The summed E-state index contributed by atoms with van der Waals surface area (Å²) in [7, 11) is 0. The third-order valence-corrected chi connectivity index (χ3v) is 2.92. The molecular weight excluding hydrogens is 274 g/mol. The normalized spacial score (nSPS) is 10.0. The number of aliphatic carboxylic acids is 1. The summed E-state index contributed by atoms with van der Waals surface area (Å²) in [5.74, 6) is -0.958. The van der Waals surface area contributed by atoms with E-state index in [1.54, 1.807) is 38.1 Å². The monoisotopic (exact) mass is 293 g/mol. The van der Waals surface area contributed by atoms with Gasteiger partial charge >= 0.3 is 5.97 Å². The second-order valence-electron chi connectivity index (χ2n) is 4.39. The first-order valence-corrected chi connectivity index (χ1v) is 6.73. The highest BCUT2D eigenvalue weighted by Crippen LogP contribution is 2.13. The Kier molecular flexibility index (Phi) is 6.39. The van der Waals surface area contributed by atoms with Gasteiger partial charge in [0.2, 0.25) is 0 Å². The minimum absolute atomic E-state index is 0.0382. The molecule has 1 amide bonds. The number of carboxylic acids is 1. The van der Waals surface area contributed by atoms with Crippen molar-refractivity contribution in [2.24, 2.45) is 0 Å². The molecule has 0 fully saturated rings. The van der Waals surface area contributed by atoms with Crippen molar-refractivity contribution in [1.29, 1.82) is 0 Å². The first-order valence-electron chi connectivity index (χ1n) is 6.73. The SMILES string of the molecule is CCC(=O)c1ccc(OCC(=O)N(CC)CC(=O)O)cc1. The zero-order valence-electron chi connectivity index (χ0n) is 12.2. The third kappa shape index (κ3) is 5.25. The molecule has 0 radical (unpaired) electrons. The van der Waals surface area contributed by atoms with E-state index in [0.717, 1.165) is 0 Å². The fourth-order valence-corrected chi connectivity index (χ4v) is 1.72. The molecule has 0 aliphatic rings. The Morgan fingerprint density at radius 2 is 1.76 bits per heavy atom. The van der Waals surface area contributed by atoms with E-state index in [9.17, 15) is 14.4 Å². The fraction of sp³-hybridized carbons (Fsp3) is 0.400. The molecule has 0 aromatic heterocycles. The molecule has 1 rings (SSSR count). The average Bonchev–Trinajstić information content (AvgIpc) is 2.49. The van der Waals surface area contributed by atoms with E-state index >= 15 is 0 Å². The van der Waals surface area contributed by atoms with Crippen LogP contribution in [0.15, 0.2) is 24.3 Å². The molecule has 1 aromatic rings. The maximum atomic E-state index is 11.8. The molecule has 0 saturated heterocycles. The predicted molar refractivity (Wildman–Crippen MR) is 76.4 cm³/mol. The van der Waals surface area contributed by atoms with Gasteiger partial charge in [-0.3, -0.25) is 14.4 Å². The van der Waals surface area contributed by atoms with Gasteiger partial charge in [-0.2, -0.15) is 0 Å². The van der Waals surface area contributed by atoms with E-state index in [0.29, 0.717) is 24.3 Å². The third-order valence-electron chi connectivity index (χ3n) is 2.92. The van der Waals surface area contributed by atoms with Crippen LogP contribution in [0.5, 0.6) is 5.75 Å². The van der Waals surface area contributed by atoms with Crippen molar-refractivity contribution < 1.29 is 24.2 Å². The molecule has 6 nitrogen and oxygen atoms in total. The summed E-state index contributed by atoms with van der Waals surface area (Å²) in [5, 5.41) is 8.69. The molecule has 114 valence electrons. The summed E-state index contributed by atoms with van der Waals surface area (Å²) < 4.78 is 5.31. The lowest BCUT2D eigenvalue weighted by Gasteiger charge is -2.18. The molecule has 0 spiro atoms. The predicted octanol–water partition coefficient (Wildman–Crippen LogP) is 1.59. The smallest absolute Gasteiger partial charge is 0.323 e. The van der Waals surface area contributed by atoms with Crippen LogP contribution in [0.1, 0.15) is 30.6 Å². The summed E-state index contributed by atoms with van der Waals surface area (Å²) >= 11 is 0. The van der Waals surface area contributed by atoms with Crippen LogP contribution in [0, 0.1) is 0 Å². The number of likely N-dealkylation sites (N-methyl/N-ethyl adjacent to an activating group) is 1. The Hall–Kier alpha value is -2.37. The molecule has 0 aliphatic carbocycles. The summed E-state index contributed by atoms with van der Waals surface area (Å²) in [6, 6.07) is 6.51. The van der Waals surface area contributed by atoms with Crippen LogP contribution in [0.4, 0.5) is 0 Å². The number of ketones is 1. The Balaban J connectivity index is 2.56. The van der Waals surface area contributed by atoms with Crippen LogP contribution >= 0.6 is 0 Å². The highest BCUT2D eigenvalue weighted by Gasteiger charge is 2.15. The van der Waals surface area contributed by atoms with E-state index in [1.165, 1.54) is 4.90 Å². The second kappa shape index (κ2) is 8.04. The van der Waals surface area contributed by atoms with Crippen molar-refractivity contribution in [2.75, 3.05) is 19.7 Å². The second-order valence-corrected chi connectivity index (χ2v) is 4.39. The number of amides is 1. The number of nitrogens with zero attached hydrogens (tertiary/aromatic N) is 1. The van der Waals surface area contributed by atoms with E-state index in [4.69, 9.17) is 9.84 Å². The van der Waals surface area contributed by atoms with E-state index in [1.807, 2.05) is 0 Å². The topological polar surface area (TPSA) is 83.9 Å². The molecule has 1 aromatic carbocycles. The van der Waals surface area contributed by atoms with Gasteiger partial charge in [0.1, 0.15) is 12.3 Å². The van der Waals surface area contributed by atoms with Gasteiger partial charge in [-0.1, -0.05) is 6.92 Å². The Labute approximate surface area is 123 Å². The number of hydrogen-bond donors (Lipinski definition) is 1. The zero-order chi connectivity index (χ0) is 15.8. The van der Waals surface area contributed by atoms with Crippen molar-refractivity contribution in [2.45, 2.75) is 20.3 Å². The lowest BCUT2D eigenvalue weighted by Crippen LogP contribution is -2.38. The van der Waals surface area contributed by atoms with E-state index in [-0.39, 0.29) is 18.9 Å². The number of carboxylic acid groups (broad SMARTS) is 1. The molecule has 0 saturated carbocycles. The highest BCUT2D eigenvalue weighted by molar-refractivity contribution is 5.95. The molecule has 0 atom stereocenters. The lowest BCUT2D eigenvalue weighted by atomic mass is 10.1.